The molecule has 0 atom stereocenters. The number of hydrogen-bond acceptors (Lipinski definition) is 3. The number of nitrogens with one attached hydrogen (secondary N) is 1. The van der Waals surface area contributed by atoms with Crippen molar-refractivity contribution in [2.45, 2.75) is 0 Å². The van der Waals surface area contributed by atoms with Crippen molar-refractivity contribution >= 4 is 44.8 Å². The van der Waals surface area contributed by atoms with Crippen molar-refractivity contribution in [3.8, 4) is 0 Å². The van der Waals surface area contributed by atoms with Crippen LogP contribution in [0.3, 0.4) is 0 Å². The second kappa shape index (κ2) is 5.37. The molecule has 0 radical (unpaired) electrons. The van der Waals surface area contributed by atoms with Crippen molar-refractivity contribution in [3.63, 3.8) is 0 Å². The number of benzene rings is 1. The zero-order chi connectivity index (χ0) is 13.1. The Hall–Kier alpha value is -1.59. The van der Waals surface area contributed by atoms with Crippen LogP contribution in [0.4, 0.5) is 11.4 Å². The van der Waals surface area contributed by atoms with Gasteiger partial charge in [0, 0.05) is 5.56 Å². The molecule has 0 fully saturated rings. The first kappa shape index (κ1) is 12.9. The third-order valence-corrected chi connectivity index (χ3v) is 3.04. The Morgan fingerprint density at radius 3 is 2.72 bits per heavy atom. The van der Waals surface area contributed by atoms with Crippen LogP contribution in [-0.2, 0) is 0 Å². The van der Waals surface area contributed by atoms with E-state index in [1.807, 2.05) is 0 Å². The minimum atomic E-state index is -0.263. The van der Waals surface area contributed by atoms with Crippen molar-refractivity contribution in [3.05, 3.63) is 51.7 Å². The summed E-state index contributed by atoms with van der Waals surface area (Å²) in [7, 11) is 0. The van der Waals surface area contributed by atoms with Gasteiger partial charge in [0.15, 0.2) is 0 Å². The molecule has 0 saturated heterocycles. The van der Waals surface area contributed by atoms with E-state index < -0.39 is 0 Å². The first-order valence-corrected chi connectivity index (χ1v) is 6.21. The van der Waals surface area contributed by atoms with Gasteiger partial charge in [-0.1, -0.05) is 11.6 Å². The summed E-state index contributed by atoms with van der Waals surface area (Å²) in [4.78, 5) is 15.9. The van der Waals surface area contributed by atoms with Crippen molar-refractivity contribution in [1.82, 2.24) is 4.98 Å². The van der Waals surface area contributed by atoms with Gasteiger partial charge in [0.25, 0.3) is 5.91 Å². The molecule has 0 aliphatic carbocycles. The van der Waals surface area contributed by atoms with E-state index in [1.165, 1.54) is 6.07 Å². The van der Waals surface area contributed by atoms with Crippen molar-refractivity contribution in [1.29, 1.82) is 0 Å². The molecule has 4 nitrogen and oxygen atoms in total. The van der Waals surface area contributed by atoms with Gasteiger partial charge in [-0.15, -0.1) is 0 Å². The summed E-state index contributed by atoms with van der Waals surface area (Å²) in [5.41, 5.74) is 7.07. The average molecular weight is 327 g/mol. The molecule has 1 aromatic carbocycles. The predicted octanol–water partition coefficient (Wildman–Crippen LogP) is 3.33. The predicted molar refractivity (Wildman–Crippen MR) is 75.8 cm³/mol. The monoisotopic (exact) mass is 325 g/mol. The fourth-order valence-corrected chi connectivity index (χ4v) is 1.74. The molecule has 2 aromatic rings. The molecule has 0 bridgehead atoms. The fraction of sp³-hybridized carbons (Fsp3) is 0. The summed E-state index contributed by atoms with van der Waals surface area (Å²) in [6, 6.07) is 8.22. The van der Waals surface area contributed by atoms with Gasteiger partial charge in [-0.05, 0) is 46.3 Å². The van der Waals surface area contributed by atoms with E-state index in [0.717, 1.165) is 0 Å². The van der Waals surface area contributed by atoms with Crippen molar-refractivity contribution < 1.29 is 4.79 Å². The highest BCUT2D eigenvalue weighted by molar-refractivity contribution is 9.10. The van der Waals surface area contributed by atoms with Gasteiger partial charge in [-0.3, -0.25) is 4.79 Å². The quantitative estimate of drug-likeness (QED) is 0.657. The SMILES string of the molecule is Nc1ccc(C(=O)Nc2ccc(Br)nc2)cc1Cl. The number of aromatic nitrogens is 1. The van der Waals surface area contributed by atoms with E-state index in [1.54, 1.807) is 30.5 Å². The lowest BCUT2D eigenvalue weighted by Gasteiger charge is -2.06. The molecular formula is C12H9BrClN3O. The molecular weight excluding hydrogens is 318 g/mol. The van der Waals surface area contributed by atoms with E-state index in [2.05, 4.69) is 26.2 Å². The summed E-state index contributed by atoms with van der Waals surface area (Å²) >= 11 is 9.08. The van der Waals surface area contributed by atoms with Crippen LogP contribution in [0.15, 0.2) is 41.1 Å². The number of anilines is 2. The Morgan fingerprint density at radius 1 is 1.33 bits per heavy atom. The van der Waals surface area contributed by atoms with Crippen LogP contribution in [0.25, 0.3) is 0 Å². The van der Waals surface area contributed by atoms with Gasteiger partial charge in [-0.25, -0.2) is 4.98 Å². The van der Waals surface area contributed by atoms with Crippen LogP contribution in [-0.4, -0.2) is 10.9 Å². The number of hydrogen-bond donors (Lipinski definition) is 2. The number of nitrogens with zero attached hydrogens (tertiary/aromatic N) is 1. The Labute approximate surface area is 117 Å². The van der Waals surface area contributed by atoms with Crippen molar-refractivity contribution in [2.75, 3.05) is 11.1 Å². The summed E-state index contributed by atoms with van der Waals surface area (Å²) < 4.78 is 0.705. The van der Waals surface area contributed by atoms with Gasteiger partial charge in [0.1, 0.15) is 4.60 Å². The van der Waals surface area contributed by atoms with Crippen LogP contribution in [0.2, 0.25) is 5.02 Å². The molecule has 6 heteroatoms. The van der Waals surface area contributed by atoms with E-state index in [-0.39, 0.29) is 5.91 Å². The Morgan fingerprint density at radius 2 is 2.11 bits per heavy atom. The lowest BCUT2D eigenvalue weighted by atomic mass is 10.2. The first-order valence-electron chi connectivity index (χ1n) is 5.04. The van der Waals surface area contributed by atoms with Gasteiger partial charge in [-0.2, -0.15) is 0 Å². The van der Waals surface area contributed by atoms with E-state index in [9.17, 15) is 4.79 Å². The highest BCUT2D eigenvalue weighted by Gasteiger charge is 2.08. The molecule has 0 spiro atoms. The number of carbonyl (C=O) groups excluding carboxylic acids is 1. The van der Waals surface area contributed by atoms with Crippen LogP contribution in [0, 0.1) is 0 Å². The molecule has 3 N–H and O–H groups in total. The normalized spacial score (nSPS) is 10.1. The molecule has 1 aromatic heterocycles. The summed E-state index contributed by atoms with van der Waals surface area (Å²) in [5, 5.41) is 3.07. The molecule has 0 aliphatic heterocycles. The second-order valence-electron chi connectivity index (χ2n) is 3.56. The minimum Gasteiger partial charge on any atom is -0.398 e. The number of pyridine rings is 1. The Kier molecular flexibility index (Phi) is 3.84. The fourth-order valence-electron chi connectivity index (χ4n) is 1.32. The molecule has 1 heterocycles. The molecule has 0 aliphatic rings. The number of nitrogens with two attached hydrogens (primary N) is 1. The third kappa shape index (κ3) is 3.00. The maximum atomic E-state index is 11.9. The topological polar surface area (TPSA) is 68.0 Å². The van der Waals surface area contributed by atoms with Gasteiger partial charge in [0.2, 0.25) is 0 Å². The third-order valence-electron chi connectivity index (χ3n) is 2.25. The van der Waals surface area contributed by atoms with E-state index in [4.69, 9.17) is 17.3 Å². The number of amides is 1. The Bertz CT molecular complexity index is 586. The lowest BCUT2D eigenvalue weighted by molar-refractivity contribution is 0.102. The smallest absolute Gasteiger partial charge is 0.255 e. The van der Waals surface area contributed by atoms with Gasteiger partial charge in [0.05, 0.1) is 22.6 Å². The van der Waals surface area contributed by atoms with Crippen LogP contribution in [0.5, 0.6) is 0 Å². The summed E-state index contributed by atoms with van der Waals surface area (Å²) in [6.07, 6.45) is 1.56. The molecule has 0 unspecified atom stereocenters. The highest BCUT2D eigenvalue weighted by Crippen LogP contribution is 2.20. The molecule has 2 rings (SSSR count). The molecule has 0 saturated carbocycles. The minimum absolute atomic E-state index is 0.263. The van der Waals surface area contributed by atoms with Crippen LogP contribution < -0.4 is 11.1 Å². The standard InChI is InChI=1S/C12H9BrClN3O/c13-11-4-2-8(6-16-11)17-12(18)7-1-3-10(15)9(14)5-7/h1-6H,15H2,(H,17,18). The number of nitrogen functional groups attached to an aromatic ring is 1. The lowest BCUT2D eigenvalue weighted by Crippen LogP contribution is -2.12. The maximum Gasteiger partial charge on any atom is 0.255 e. The van der Waals surface area contributed by atoms with Crippen molar-refractivity contribution in [2.24, 2.45) is 0 Å². The summed E-state index contributed by atoms with van der Waals surface area (Å²) in [6.45, 7) is 0. The summed E-state index contributed by atoms with van der Waals surface area (Å²) in [5.74, 6) is -0.263. The number of rotatable bonds is 2. The maximum absolute atomic E-state index is 11.9. The first-order chi connectivity index (χ1) is 8.56. The van der Waals surface area contributed by atoms with Gasteiger partial charge < -0.3 is 11.1 Å². The molecule has 18 heavy (non-hydrogen) atoms. The van der Waals surface area contributed by atoms with Crippen LogP contribution >= 0.6 is 27.5 Å². The van der Waals surface area contributed by atoms with E-state index >= 15 is 0 Å². The second-order valence-corrected chi connectivity index (χ2v) is 4.78. The molecule has 92 valence electrons. The highest BCUT2D eigenvalue weighted by atomic mass is 79.9. The number of carbonyl (C=O) groups is 1. The zero-order valence-corrected chi connectivity index (χ0v) is 11.5. The molecule has 1 amide bonds. The number of halogens is 2. The zero-order valence-electron chi connectivity index (χ0n) is 9.15. The Balaban J connectivity index is 2.16. The largest absolute Gasteiger partial charge is 0.398 e. The van der Waals surface area contributed by atoms with Crippen LogP contribution in [0.1, 0.15) is 10.4 Å². The average Bonchev–Trinajstić information content (AvgIpc) is 2.35. The van der Waals surface area contributed by atoms with E-state index in [0.29, 0.717) is 26.6 Å². The van der Waals surface area contributed by atoms with Gasteiger partial charge >= 0.3 is 0 Å².